The lowest BCUT2D eigenvalue weighted by Crippen LogP contribution is -2.39. The quantitative estimate of drug-likeness (QED) is 0.920. The van der Waals surface area contributed by atoms with Crippen molar-refractivity contribution in [3.63, 3.8) is 0 Å². The van der Waals surface area contributed by atoms with E-state index < -0.39 is 0 Å². The van der Waals surface area contributed by atoms with Gasteiger partial charge in [-0.25, -0.2) is 4.98 Å². The highest BCUT2D eigenvalue weighted by Gasteiger charge is 2.31. The molecule has 2 bridgehead atoms. The van der Waals surface area contributed by atoms with E-state index in [2.05, 4.69) is 10.3 Å². The molecule has 2 atom stereocenters. The number of carbonyl (C=O) groups is 1. The first-order valence-corrected chi connectivity index (χ1v) is 7.93. The number of nitrogens with zero attached hydrogens (tertiary/aromatic N) is 3. The van der Waals surface area contributed by atoms with Crippen molar-refractivity contribution < 1.29 is 4.79 Å². The molecule has 1 N–H and O–H groups in total. The molecule has 2 fully saturated rings. The number of fused-ring (bicyclic) bond motifs is 2. The summed E-state index contributed by atoms with van der Waals surface area (Å²) in [7, 11) is 0. The second-order valence-electron chi connectivity index (χ2n) is 6.19. The molecule has 2 saturated heterocycles. The number of benzene rings is 1. The molecule has 4 rings (SSSR count). The third-order valence-electron chi connectivity index (χ3n) is 4.73. The lowest BCUT2D eigenvalue weighted by molar-refractivity contribution is 0.0748. The standard InChI is InChI=1S/C17H20N4O/c22-17(20-9-7-14-3-4-15(11-20)19-14)13-1-5-16(6-2-13)21-10-8-18-12-21/h1-2,5-6,8,10,12,14-15,19H,3-4,7,9,11H2. The third kappa shape index (κ3) is 2.52. The van der Waals surface area contributed by atoms with Crippen LogP contribution in [0.3, 0.4) is 0 Å². The van der Waals surface area contributed by atoms with Crippen molar-refractivity contribution in [3.8, 4) is 5.69 Å². The van der Waals surface area contributed by atoms with Crippen LogP contribution in [0.1, 0.15) is 29.6 Å². The predicted octanol–water partition coefficient (Wildman–Crippen LogP) is 1.84. The number of amides is 1. The molecule has 0 radical (unpaired) electrons. The van der Waals surface area contributed by atoms with Gasteiger partial charge in [0.15, 0.2) is 0 Å². The maximum atomic E-state index is 12.7. The first kappa shape index (κ1) is 13.5. The van der Waals surface area contributed by atoms with Crippen molar-refractivity contribution >= 4 is 5.91 Å². The van der Waals surface area contributed by atoms with Gasteiger partial charge in [-0.15, -0.1) is 0 Å². The van der Waals surface area contributed by atoms with Crippen molar-refractivity contribution in [2.24, 2.45) is 0 Å². The first-order valence-electron chi connectivity index (χ1n) is 7.93. The van der Waals surface area contributed by atoms with Crippen LogP contribution in [0.5, 0.6) is 0 Å². The van der Waals surface area contributed by atoms with Gasteiger partial charge in [-0.1, -0.05) is 0 Å². The highest BCUT2D eigenvalue weighted by Crippen LogP contribution is 2.22. The fourth-order valence-electron chi connectivity index (χ4n) is 3.50. The third-order valence-corrected chi connectivity index (χ3v) is 4.73. The summed E-state index contributed by atoms with van der Waals surface area (Å²) >= 11 is 0. The number of rotatable bonds is 2. The van der Waals surface area contributed by atoms with Crippen molar-refractivity contribution in [2.75, 3.05) is 13.1 Å². The van der Waals surface area contributed by atoms with Crippen LogP contribution < -0.4 is 5.32 Å². The fourth-order valence-corrected chi connectivity index (χ4v) is 3.50. The summed E-state index contributed by atoms with van der Waals surface area (Å²) in [5.41, 5.74) is 1.78. The van der Waals surface area contributed by atoms with Gasteiger partial charge in [-0.05, 0) is 43.5 Å². The van der Waals surface area contributed by atoms with E-state index in [4.69, 9.17) is 0 Å². The Labute approximate surface area is 130 Å². The van der Waals surface area contributed by atoms with E-state index in [1.807, 2.05) is 39.9 Å². The normalized spacial score (nSPS) is 24.3. The lowest BCUT2D eigenvalue weighted by Gasteiger charge is -2.24. The minimum atomic E-state index is 0.145. The molecule has 5 nitrogen and oxygen atoms in total. The van der Waals surface area contributed by atoms with E-state index in [1.165, 1.54) is 12.8 Å². The van der Waals surface area contributed by atoms with E-state index in [9.17, 15) is 4.79 Å². The number of nitrogens with one attached hydrogen (secondary N) is 1. The highest BCUT2D eigenvalue weighted by atomic mass is 16.2. The summed E-state index contributed by atoms with van der Waals surface area (Å²) in [6.07, 6.45) is 8.91. The van der Waals surface area contributed by atoms with Gasteiger partial charge in [0, 0.05) is 48.8 Å². The Balaban J connectivity index is 1.50. The van der Waals surface area contributed by atoms with E-state index in [0.29, 0.717) is 12.1 Å². The van der Waals surface area contributed by atoms with Gasteiger partial charge in [-0.2, -0.15) is 0 Å². The van der Waals surface area contributed by atoms with Gasteiger partial charge in [0.25, 0.3) is 5.91 Å². The van der Waals surface area contributed by atoms with E-state index in [1.54, 1.807) is 12.5 Å². The van der Waals surface area contributed by atoms with Crippen LogP contribution in [0.2, 0.25) is 0 Å². The summed E-state index contributed by atoms with van der Waals surface area (Å²) < 4.78 is 1.93. The molecule has 0 spiro atoms. The summed E-state index contributed by atoms with van der Waals surface area (Å²) in [5, 5.41) is 3.61. The van der Waals surface area contributed by atoms with Crippen molar-refractivity contribution in [1.82, 2.24) is 19.8 Å². The van der Waals surface area contributed by atoms with Gasteiger partial charge in [0.1, 0.15) is 0 Å². The van der Waals surface area contributed by atoms with Gasteiger partial charge < -0.3 is 14.8 Å². The Morgan fingerprint density at radius 3 is 2.73 bits per heavy atom. The second-order valence-corrected chi connectivity index (χ2v) is 6.19. The van der Waals surface area contributed by atoms with Crippen LogP contribution in [-0.4, -0.2) is 45.5 Å². The van der Waals surface area contributed by atoms with Crippen LogP contribution in [0.4, 0.5) is 0 Å². The number of likely N-dealkylation sites (tertiary alicyclic amines) is 1. The highest BCUT2D eigenvalue weighted by molar-refractivity contribution is 5.94. The van der Waals surface area contributed by atoms with Crippen molar-refractivity contribution in [2.45, 2.75) is 31.3 Å². The van der Waals surface area contributed by atoms with E-state index in [-0.39, 0.29) is 5.91 Å². The molecule has 114 valence electrons. The molecule has 2 aliphatic rings. The molecule has 0 saturated carbocycles. The number of imidazole rings is 1. The molecular formula is C17H20N4O. The lowest BCUT2D eigenvalue weighted by atomic mass is 10.1. The molecule has 0 aliphatic carbocycles. The van der Waals surface area contributed by atoms with Gasteiger partial charge in [0.2, 0.25) is 0 Å². The first-order chi connectivity index (χ1) is 10.8. The molecule has 1 amide bonds. The largest absolute Gasteiger partial charge is 0.337 e. The molecule has 1 aromatic heterocycles. The Morgan fingerprint density at radius 2 is 1.95 bits per heavy atom. The van der Waals surface area contributed by atoms with Crippen LogP contribution in [-0.2, 0) is 0 Å². The number of hydrogen-bond acceptors (Lipinski definition) is 3. The minimum Gasteiger partial charge on any atom is -0.337 e. The maximum absolute atomic E-state index is 12.7. The molecule has 3 heterocycles. The molecule has 2 aromatic rings. The SMILES string of the molecule is O=C(c1ccc(-n2ccnc2)cc1)N1CCC2CCC(C1)N2. The smallest absolute Gasteiger partial charge is 0.253 e. The molecular weight excluding hydrogens is 276 g/mol. The topological polar surface area (TPSA) is 50.2 Å². The number of aromatic nitrogens is 2. The molecule has 2 aliphatic heterocycles. The second kappa shape index (κ2) is 5.57. The predicted molar refractivity (Wildman–Crippen MR) is 84.0 cm³/mol. The Morgan fingerprint density at radius 1 is 1.14 bits per heavy atom. The van der Waals surface area contributed by atoms with Crippen LogP contribution in [0, 0.1) is 0 Å². The average Bonchev–Trinajstić information content (AvgIpc) is 3.17. The van der Waals surface area contributed by atoms with Crippen molar-refractivity contribution in [1.29, 1.82) is 0 Å². The van der Waals surface area contributed by atoms with Crippen LogP contribution in [0.25, 0.3) is 5.69 Å². The van der Waals surface area contributed by atoms with Gasteiger partial charge >= 0.3 is 0 Å². The summed E-state index contributed by atoms with van der Waals surface area (Å²) in [5.74, 6) is 0.145. The molecule has 5 heteroatoms. The Bertz CT molecular complexity index is 650. The van der Waals surface area contributed by atoms with Gasteiger partial charge in [-0.3, -0.25) is 4.79 Å². The number of hydrogen-bond donors (Lipinski definition) is 1. The monoisotopic (exact) mass is 296 g/mol. The molecule has 2 unspecified atom stereocenters. The van der Waals surface area contributed by atoms with Crippen LogP contribution >= 0.6 is 0 Å². The average molecular weight is 296 g/mol. The summed E-state index contributed by atoms with van der Waals surface area (Å²) in [6, 6.07) is 8.84. The Kier molecular flexibility index (Phi) is 3.42. The number of carbonyl (C=O) groups excluding carboxylic acids is 1. The summed E-state index contributed by atoms with van der Waals surface area (Å²) in [6.45, 7) is 1.69. The van der Waals surface area contributed by atoms with Gasteiger partial charge in [0.05, 0.1) is 6.33 Å². The summed E-state index contributed by atoms with van der Waals surface area (Å²) in [4.78, 5) is 18.8. The van der Waals surface area contributed by atoms with E-state index in [0.717, 1.165) is 30.8 Å². The minimum absolute atomic E-state index is 0.145. The van der Waals surface area contributed by atoms with Crippen LogP contribution in [0.15, 0.2) is 43.0 Å². The van der Waals surface area contributed by atoms with Crippen molar-refractivity contribution in [3.05, 3.63) is 48.5 Å². The zero-order valence-electron chi connectivity index (χ0n) is 12.5. The fraction of sp³-hybridized carbons (Fsp3) is 0.412. The zero-order chi connectivity index (χ0) is 14.9. The Hall–Kier alpha value is -2.14. The zero-order valence-corrected chi connectivity index (χ0v) is 12.5. The molecule has 1 aromatic carbocycles. The van der Waals surface area contributed by atoms with E-state index >= 15 is 0 Å². The maximum Gasteiger partial charge on any atom is 0.253 e. The molecule has 22 heavy (non-hydrogen) atoms.